The normalized spacial score (nSPS) is 13.2. The molecule has 1 heterocycles. The Morgan fingerprint density at radius 1 is 0.900 bits per heavy atom. The predicted molar refractivity (Wildman–Crippen MR) is 156 cm³/mol. The van der Waals surface area contributed by atoms with E-state index in [1.54, 1.807) is 73.1 Å². The molecule has 40 heavy (non-hydrogen) atoms. The Bertz CT molecular complexity index is 1500. The molecule has 1 fully saturated rings. The summed E-state index contributed by atoms with van der Waals surface area (Å²) < 4.78 is 4.83. The molecule has 3 aromatic carbocycles. The van der Waals surface area contributed by atoms with Crippen molar-refractivity contribution in [2.75, 3.05) is 30.8 Å². The fraction of sp³-hybridized carbons (Fsp3) is 0.188. The molecule has 8 heteroatoms. The molecule has 4 rings (SSSR count). The number of rotatable bonds is 7. The second-order valence-corrected chi connectivity index (χ2v) is 9.16. The molecule has 0 radical (unpaired) electrons. The highest BCUT2D eigenvalue weighted by Crippen LogP contribution is 2.22. The maximum Gasteiger partial charge on any atom is 0.308 e. The van der Waals surface area contributed by atoms with Crippen molar-refractivity contribution in [1.82, 2.24) is 4.90 Å². The number of ether oxygens (including phenoxy) is 1. The highest BCUT2D eigenvalue weighted by Gasteiger charge is 2.24. The molecule has 2 amide bonds. The first kappa shape index (κ1) is 27.7. The summed E-state index contributed by atoms with van der Waals surface area (Å²) >= 11 is 0. The third kappa shape index (κ3) is 6.94. The van der Waals surface area contributed by atoms with Gasteiger partial charge in [-0.1, -0.05) is 11.8 Å². The van der Waals surface area contributed by atoms with Crippen molar-refractivity contribution in [1.29, 1.82) is 0 Å². The summed E-state index contributed by atoms with van der Waals surface area (Å²) in [5.74, 6) is 3.99. The van der Waals surface area contributed by atoms with E-state index < -0.39 is 5.91 Å². The number of anilines is 2. The van der Waals surface area contributed by atoms with Gasteiger partial charge in [0, 0.05) is 35.5 Å². The van der Waals surface area contributed by atoms with Crippen LogP contribution in [0.15, 0.2) is 71.7 Å². The Labute approximate surface area is 233 Å². The van der Waals surface area contributed by atoms with Gasteiger partial charge in [0.2, 0.25) is 0 Å². The number of hydrogen-bond donors (Lipinski definition) is 2. The maximum absolute atomic E-state index is 13.1. The number of benzene rings is 3. The van der Waals surface area contributed by atoms with Crippen LogP contribution >= 0.6 is 0 Å². The highest BCUT2D eigenvalue weighted by atomic mass is 16.5. The monoisotopic (exact) mass is 532 g/mol. The second-order valence-electron chi connectivity index (χ2n) is 9.16. The van der Waals surface area contributed by atoms with Crippen molar-refractivity contribution >= 4 is 41.2 Å². The first-order chi connectivity index (χ1) is 19.4. The lowest BCUT2D eigenvalue weighted by Crippen LogP contribution is -2.35. The van der Waals surface area contributed by atoms with E-state index in [2.05, 4.69) is 32.4 Å². The molecule has 200 valence electrons. The van der Waals surface area contributed by atoms with Crippen LogP contribution in [0.5, 0.6) is 0 Å². The maximum atomic E-state index is 13.1. The number of methoxy groups -OCH3 is 1. The molecular weight excluding hydrogens is 504 g/mol. The molecule has 8 nitrogen and oxygen atoms in total. The number of nitrogens with zero attached hydrogens (tertiary/aromatic N) is 2. The van der Waals surface area contributed by atoms with E-state index in [4.69, 9.17) is 17.6 Å². The van der Waals surface area contributed by atoms with Gasteiger partial charge in [0.1, 0.15) is 0 Å². The number of amides is 2. The lowest BCUT2D eigenvalue weighted by atomic mass is 9.97. The van der Waals surface area contributed by atoms with E-state index in [-0.39, 0.29) is 23.4 Å². The van der Waals surface area contributed by atoms with Gasteiger partial charge < -0.3 is 20.3 Å². The lowest BCUT2D eigenvalue weighted by molar-refractivity contribution is -0.146. The van der Waals surface area contributed by atoms with E-state index in [1.165, 1.54) is 7.11 Å². The Morgan fingerprint density at radius 3 is 2.17 bits per heavy atom. The van der Waals surface area contributed by atoms with Gasteiger partial charge in [-0.2, -0.15) is 0 Å². The molecular formula is C32H28N4O4. The zero-order valence-corrected chi connectivity index (χ0v) is 22.0. The molecule has 0 atom stereocenters. The van der Waals surface area contributed by atoms with Crippen molar-refractivity contribution in [2.45, 2.75) is 12.8 Å². The van der Waals surface area contributed by atoms with Crippen molar-refractivity contribution in [2.24, 2.45) is 10.9 Å². The molecule has 0 aromatic heterocycles. The molecule has 3 aromatic rings. The number of hydrogen-bond acceptors (Lipinski definition) is 5. The fourth-order valence-electron chi connectivity index (χ4n) is 4.24. The van der Waals surface area contributed by atoms with Gasteiger partial charge in [-0.3, -0.25) is 14.4 Å². The van der Waals surface area contributed by atoms with Crippen LogP contribution in [0.3, 0.4) is 0 Å². The average molecular weight is 533 g/mol. The number of carbonyl (C=O) groups excluding carboxylic acids is 3. The number of piperidine rings is 1. The SMILES string of the molecule is C#Cc1ccc(NC(=O)c2cc(C#C)ccc2NC(=O)c2ccc(/N=C/N3CCC(C(=O)OC)CC3)cc2)cc1. The fourth-order valence-corrected chi connectivity index (χ4v) is 4.24. The predicted octanol–water partition coefficient (Wildman–Crippen LogP) is 4.70. The van der Waals surface area contributed by atoms with Crippen LogP contribution in [0.25, 0.3) is 0 Å². The highest BCUT2D eigenvalue weighted by molar-refractivity contribution is 6.12. The average Bonchev–Trinajstić information content (AvgIpc) is 3.00. The van der Waals surface area contributed by atoms with Gasteiger partial charge >= 0.3 is 5.97 Å². The molecule has 0 bridgehead atoms. The van der Waals surface area contributed by atoms with Crippen molar-refractivity contribution in [3.8, 4) is 24.7 Å². The summed E-state index contributed by atoms with van der Waals surface area (Å²) in [6.07, 6.45) is 14.1. The zero-order chi connectivity index (χ0) is 28.5. The molecule has 1 aliphatic heterocycles. The van der Waals surface area contributed by atoms with E-state index >= 15 is 0 Å². The number of nitrogens with one attached hydrogen (secondary N) is 2. The standard InChI is InChI=1S/C32H28N4O4/c1-4-22-6-11-27(12-7-22)34-31(38)28-20-23(5-2)8-15-29(28)35-30(37)24-9-13-26(14-10-24)33-21-36-18-16-25(17-19-36)32(39)40-3/h1-2,6-15,20-21,25H,16-19H2,3H3,(H,34,38)(H,35,37)/b33-21+. The second kappa shape index (κ2) is 12.9. The van der Waals surface area contributed by atoms with Gasteiger partial charge in [0.25, 0.3) is 11.8 Å². The summed E-state index contributed by atoms with van der Waals surface area (Å²) in [4.78, 5) is 44.3. The van der Waals surface area contributed by atoms with E-state index in [9.17, 15) is 14.4 Å². The third-order valence-corrected chi connectivity index (χ3v) is 6.55. The topological polar surface area (TPSA) is 100 Å². The largest absolute Gasteiger partial charge is 0.469 e. The molecule has 0 saturated carbocycles. The Hall–Kier alpha value is -5.34. The first-order valence-corrected chi connectivity index (χ1v) is 12.7. The Morgan fingerprint density at radius 2 is 1.55 bits per heavy atom. The van der Waals surface area contributed by atoms with E-state index in [1.807, 2.05) is 0 Å². The van der Waals surface area contributed by atoms with Crippen LogP contribution in [0.4, 0.5) is 17.1 Å². The molecule has 1 saturated heterocycles. The molecule has 0 spiro atoms. The number of terminal acetylenes is 2. The van der Waals surface area contributed by atoms with Crippen LogP contribution in [0.1, 0.15) is 44.7 Å². The molecule has 2 N–H and O–H groups in total. The Balaban J connectivity index is 1.41. The van der Waals surface area contributed by atoms with Crippen LogP contribution < -0.4 is 10.6 Å². The van der Waals surface area contributed by atoms with Crippen LogP contribution in [-0.2, 0) is 9.53 Å². The minimum absolute atomic E-state index is 0.0674. The minimum Gasteiger partial charge on any atom is -0.469 e. The zero-order valence-electron chi connectivity index (χ0n) is 22.0. The van der Waals surface area contributed by atoms with Gasteiger partial charge in [0.05, 0.1) is 36.3 Å². The van der Waals surface area contributed by atoms with Crippen molar-refractivity contribution < 1.29 is 19.1 Å². The van der Waals surface area contributed by atoms with Crippen LogP contribution in [0, 0.1) is 30.6 Å². The van der Waals surface area contributed by atoms with E-state index in [0.29, 0.717) is 46.8 Å². The minimum atomic E-state index is -0.429. The van der Waals surface area contributed by atoms with Crippen LogP contribution in [0.2, 0.25) is 0 Å². The summed E-state index contributed by atoms with van der Waals surface area (Å²) in [6, 6.07) is 18.4. The molecule has 0 aliphatic carbocycles. The van der Waals surface area contributed by atoms with E-state index in [0.717, 1.165) is 12.8 Å². The van der Waals surface area contributed by atoms with Crippen LogP contribution in [-0.4, -0.2) is 49.2 Å². The van der Waals surface area contributed by atoms with Gasteiger partial charge in [-0.15, -0.1) is 12.8 Å². The number of likely N-dealkylation sites (tertiary alicyclic amines) is 1. The Kier molecular flexibility index (Phi) is 8.96. The number of carbonyl (C=O) groups is 3. The summed E-state index contributed by atoms with van der Waals surface area (Å²) in [5.41, 5.74) is 3.37. The number of esters is 1. The first-order valence-electron chi connectivity index (χ1n) is 12.7. The van der Waals surface area contributed by atoms with Crippen molar-refractivity contribution in [3.63, 3.8) is 0 Å². The van der Waals surface area contributed by atoms with Gasteiger partial charge in [0.15, 0.2) is 0 Å². The molecule has 0 unspecified atom stereocenters. The molecule has 1 aliphatic rings. The quantitative estimate of drug-likeness (QED) is 0.199. The summed E-state index contributed by atoms with van der Waals surface area (Å²) in [5, 5.41) is 5.61. The number of aliphatic imine (C=N–C) groups is 1. The smallest absolute Gasteiger partial charge is 0.308 e. The third-order valence-electron chi connectivity index (χ3n) is 6.55. The summed E-state index contributed by atoms with van der Waals surface area (Å²) in [6.45, 7) is 1.43. The van der Waals surface area contributed by atoms with Crippen molar-refractivity contribution in [3.05, 3.63) is 89.0 Å². The lowest BCUT2D eigenvalue weighted by Gasteiger charge is -2.28. The summed E-state index contributed by atoms with van der Waals surface area (Å²) in [7, 11) is 1.41. The van der Waals surface area contributed by atoms with Gasteiger partial charge in [-0.05, 0) is 79.6 Å². The van der Waals surface area contributed by atoms with Gasteiger partial charge in [-0.25, -0.2) is 4.99 Å².